The lowest BCUT2D eigenvalue weighted by molar-refractivity contribution is 0.734. The van der Waals surface area contributed by atoms with E-state index in [4.69, 9.17) is 0 Å². The van der Waals surface area contributed by atoms with E-state index in [1.165, 1.54) is 0 Å². The van der Waals surface area contributed by atoms with Crippen LogP contribution >= 0.6 is 11.8 Å². The van der Waals surface area contributed by atoms with Crippen LogP contribution in [0, 0.1) is 4.91 Å². The molecule has 0 aromatic carbocycles. The van der Waals surface area contributed by atoms with Crippen molar-refractivity contribution in [3.8, 4) is 0 Å². The monoisotopic (exact) mass is 118 g/mol. The van der Waals surface area contributed by atoms with Gasteiger partial charge in [0.25, 0.3) is 0 Å². The Morgan fingerprint density at radius 1 is 1.86 bits per heavy atom. The van der Waals surface area contributed by atoms with Crippen molar-refractivity contribution >= 4 is 11.8 Å². The zero-order valence-electron chi connectivity index (χ0n) is 3.76. The van der Waals surface area contributed by atoms with E-state index in [2.05, 4.69) is 10.5 Å². The minimum atomic E-state index is -0.167. The van der Waals surface area contributed by atoms with Gasteiger partial charge in [-0.2, -0.15) is 0 Å². The van der Waals surface area contributed by atoms with Gasteiger partial charge >= 0.3 is 0 Å². The zero-order chi connectivity index (χ0) is 5.11. The SMILES string of the molecule is O=NC1NCCS1. The molecule has 1 saturated heterocycles. The Hall–Kier alpha value is -0.0900. The highest BCUT2D eigenvalue weighted by molar-refractivity contribution is 8.00. The average Bonchev–Trinajstić information content (AvgIpc) is 2.14. The molecule has 1 rings (SSSR count). The Kier molecular flexibility index (Phi) is 1.64. The lowest BCUT2D eigenvalue weighted by Crippen LogP contribution is -2.15. The van der Waals surface area contributed by atoms with Crippen molar-refractivity contribution in [3.05, 3.63) is 4.91 Å². The molecule has 1 atom stereocenters. The predicted molar refractivity (Wildman–Crippen MR) is 30.0 cm³/mol. The molecule has 0 aromatic rings. The van der Waals surface area contributed by atoms with E-state index in [1.807, 2.05) is 0 Å². The maximum Gasteiger partial charge on any atom is 0.189 e. The molecule has 1 fully saturated rings. The van der Waals surface area contributed by atoms with Gasteiger partial charge in [0.2, 0.25) is 0 Å². The minimum Gasteiger partial charge on any atom is -0.283 e. The molecule has 4 heteroatoms. The first kappa shape index (κ1) is 5.05. The van der Waals surface area contributed by atoms with Gasteiger partial charge in [-0.1, -0.05) is 0 Å². The maximum atomic E-state index is 9.67. The molecule has 0 aromatic heterocycles. The van der Waals surface area contributed by atoms with E-state index in [9.17, 15) is 4.91 Å². The molecule has 0 radical (unpaired) electrons. The molecule has 3 nitrogen and oxygen atoms in total. The van der Waals surface area contributed by atoms with Crippen molar-refractivity contribution in [3.63, 3.8) is 0 Å². The number of rotatable bonds is 1. The molecule has 40 valence electrons. The fourth-order valence-corrected chi connectivity index (χ4v) is 1.24. The second-order valence-electron chi connectivity index (χ2n) is 1.28. The Labute approximate surface area is 45.8 Å². The van der Waals surface area contributed by atoms with Crippen LogP contribution in [0.25, 0.3) is 0 Å². The third-order valence-corrected chi connectivity index (χ3v) is 1.80. The van der Waals surface area contributed by atoms with E-state index < -0.39 is 0 Å². The Morgan fingerprint density at radius 2 is 2.71 bits per heavy atom. The third-order valence-electron chi connectivity index (χ3n) is 0.792. The highest BCUT2D eigenvalue weighted by atomic mass is 32.2. The largest absolute Gasteiger partial charge is 0.283 e. The van der Waals surface area contributed by atoms with Gasteiger partial charge in [0, 0.05) is 12.3 Å². The molecule has 0 saturated carbocycles. The number of nitroso groups, excluding NO2 is 1. The summed E-state index contributed by atoms with van der Waals surface area (Å²) in [4.78, 5) is 9.67. The first-order chi connectivity index (χ1) is 3.43. The molecule has 1 heterocycles. The van der Waals surface area contributed by atoms with E-state index in [-0.39, 0.29) is 5.50 Å². The summed E-state index contributed by atoms with van der Waals surface area (Å²) in [6.45, 7) is 0.918. The summed E-state index contributed by atoms with van der Waals surface area (Å²) in [5, 5.41) is 5.68. The Morgan fingerprint density at radius 3 is 3.00 bits per heavy atom. The first-order valence-electron chi connectivity index (χ1n) is 2.11. The smallest absolute Gasteiger partial charge is 0.189 e. The van der Waals surface area contributed by atoms with Crippen LogP contribution in [0.3, 0.4) is 0 Å². The van der Waals surface area contributed by atoms with Crippen molar-refractivity contribution in [2.24, 2.45) is 5.18 Å². The molecule has 7 heavy (non-hydrogen) atoms. The number of nitrogens with one attached hydrogen (secondary N) is 1. The van der Waals surface area contributed by atoms with Crippen molar-refractivity contribution in [2.75, 3.05) is 12.3 Å². The van der Waals surface area contributed by atoms with Gasteiger partial charge in [0.05, 0.1) is 0 Å². The summed E-state index contributed by atoms with van der Waals surface area (Å²) in [5.41, 5.74) is -0.167. The fourth-order valence-electron chi connectivity index (χ4n) is 0.480. The molecule has 1 unspecified atom stereocenters. The lowest BCUT2D eigenvalue weighted by atomic mass is 10.8. The number of nitrogens with zero attached hydrogens (tertiary/aromatic N) is 1. The third kappa shape index (κ3) is 1.14. The lowest BCUT2D eigenvalue weighted by Gasteiger charge is -1.91. The molecule has 0 bridgehead atoms. The van der Waals surface area contributed by atoms with Crippen molar-refractivity contribution in [2.45, 2.75) is 5.50 Å². The van der Waals surface area contributed by atoms with Crippen LogP contribution in [0.4, 0.5) is 0 Å². The van der Waals surface area contributed by atoms with Crippen LogP contribution in [-0.4, -0.2) is 17.8 Å². The van der Waals surface area contributed by atoms with Crippen molar-refractivity contribution in [1.82, 2.24) is 5.32 Å². The molecule has 1 aliphatic rings. The highest BCUT2D eigenvalue weighted by Crippen LogP contribution is 2.13. The minimum absolute atomic E-state index is 0.167. The average molecular weight is 118 g/mol. The van der Waals surface area contributed by atoms with Crippen LogP contribution in [0.2, 0.25) is 0 Å². The van der Waals surface area contributed by atoms with E-state index in [0.29, 0.717) is 0 Å². The summed E-state index contributed by atoms with van der Waals surface area (Å²) in [7, 11) is 0. The fraction of sp³-hybridized carbons (Fsp3) is 1.00. The van der Waals surface area contributed by atoms with Crippen LogP contribution in [0.15, 0.2) is 5.18 Å². The van der Waals surface area contributed by atoms with Gasteiger partial charge in [-0.05, 0) is 5.18 Å². The molecular weight excluding hydrogens is 112 g/mol. The van der Waals surface area contributed by atoms with Crippen molar-refractivity contribution < 1.29 is 0 Å². The van der Waals surface area contributed by atoms with E-state index >= 15 is 0 Å². The van der Waals surface area contributed by atoms with Gasteiger partial charge in [-0.3, -0.25) is 5.32 Å². The maximum absolute atomic E-state index is 9.67. The topological polar surface area (TPSA) is 41.5 Å². The van der Waals surface area contributed by atoms with E-state index in [1.54, 1.807) is 11.8 Å². The zero-order valence-corrected chi connectivity index (χ0v) is 4.57. The first-order valence-corrected chi connectivity index (χ1v) is 3.16. The summed E-state index contributed by atoms with van der Waals surface area (Å²) < 4.78 is 0. The molecule has 1 aliphatic heterocycles. The number of hydrogen-bond donors (Lipinski definition) is 1. The van der Waals surface area contributed by atoms with E-state index in [0.717, 1.165) is 12.3 Å². The molecule has 0 spiro atoms. The highest BCUT2D eigenvalue weighted by Gasteiger charge is 2.12. The van der Waals surface area contributed by atoms with Crippen LogP contribution in [0.5, 0.6) is 0 Å². The molecule has 0 aliphatic carbocycles. The molecule has 0 amide bonds. The summed E-state index contributed by atoms with van der Waals surface area (Å²) in [6.07, 6.45) is 0. The Bertz CT molecular complexity index is 71.3. The summed E-state index contributed by atoms with van der Waals surface area (Å²) in [6, 6.07) is 0. The van der Waals surface area contributed by atoms with Crippen LogP contribution in [-0.2, 0) is 0 Å². The van der Waals surface area contributed by atoms with Gasteiger partial charge in [-0.25, -0.2) is 0 Å². The summed E-state index contributed by atoms with van der Waals surface area (Å²) >= 11 is 1.55. The van der Waals surface area contributed by atoms with Gasteiger partial charge in [-0.15, -0.1) is 16.7 Å². The molecular formula is C3H6N2OS. The number of hydrogen-bond acceptors (Lipinski definition) is 4. The van der Waals surface area contributed by atoms with Crippen LogP contribution < -0.4 is 5.32 Å². The van der Waals surface area contributed by atoms with Gasteiger partial charge in [0.15, 0.2) is 5.50 Å². The van der Waals surface area contributed by atoms with Gasteiger partial charge < -0.3 is 0 Å². The molecule has 1 N–H and O–H groups in total. The quantitative estimate of drug-likeness (QED) is 0.506. The summed E-state index contributed by atoms with van der Waals surface area (Å²) in [5.74, 6) is 1.01. The van der Waals surface area contributed by atoms with Gasteiger partial charge in [0.1, 0.15) is 0 Å². The predicted octanol–water partition coefficient (Wildman–Crippen LogP) is 0.373. The Balaban J connectivity index is 2.26. The number of thioether (sulfide) groups is 1. The van der Waals surface area contributed by atoms with Crippen molar-refractivity contribution in [1.29, 1.82) is 0 Å². The second-order valence-corrected chi connectivity index (χ2v) is 2.47. The standard InChI is InChI=1S/C3H6N2OS/c6-5-3-4-1-2-7-3/h3-4H,1-2H2. The normalized spacial score (nSPS) is 30.6. The second kappa shape index (κ2) is 2.28. The van der Waals surface area contributed by atoms with Crippen LogP contribution in [0.1, 0.15) is 0 Å².